The van der Waals surface area contributed by atoms with Crippen LogP contribution in [-0.4, -0.2) is 44.2 Å². The molecule has 6 N–H and O–H groups in total. The molecular weight excluding hydrogens is 508 g/mol. The number of anilines is 2. The molecule has 0 aliphatic rings. The van der Waals surface area contributed by atoms with Crippen LogP contribution < -0.4 is 15.4 Å². The molecule has 196 valence electrons. The summed E-state index contributed by atoms with van der Waals surface area (Å²) >= 11 is 0. The molecule has 0 fully saturated rings. The third kappa shape index (κ3) is 6.30. The van der Waals surface area contributed by atoms with Gasteiger partial charge in [0.05, 0.1) is 22.3 Å². The first-order valence-corrected chi connectivity index (χ1v) is 11.2. The topological polar surface area (TPSA) is 182 Å². The number of rotatable bonds is 8. The van der Waals surface area contributed by atoms with Gasteiger partial charge >= 0.3 is 11.9 Å². The number of phenols is 2. The Morgan fingerprint density at radius 2 is 0.872 bits per heavy atom. The van der Waals surface area contributed by atoms with Gasteiger partial charge in [-0.05, 0) is 84.9 Å². The molecule has 4 rings (SSSR count). The predicted octanol–water partition coefficient (Wildman–Crippen LogP) is 4.79. The second-order valence-electron chi connectivity index (χ2n) is 8.13. The highest BCUT2D eigenvalue weighted by molar-refractivity contribution is 6.11. The van der Waals surface area contributed by atoms with Crippen LogP contribution in [0, 0.1) is 0 Å². The second kappa shape index (κ2) is 11.0. The maximum atomic E-state index is 12.5. The lowest BCUT2D eigenvalue weighted by molar-refractivity contribution is 0.0683. The predicted molar refractivity (Wildman–Crippen MR) is 139 cm³/mol. The third-order valence-electron chi connectivity index (χ3n) is 5.42. The van der Waals surface area contributed by atoms with E-state index in [1.165, 1.54) is 12.1 Å². The van der Waals surface area contributed by atoms with E-state index in [0.717, 1.165) is 24.3 Å². The highest BCUT2D eigenvalue weighted by Crippen LogP contribution is 2.26. The smallest absolute Gasteiger partial charge is 0.336 e. The molecule has 0 atom stereocenters. The molecule has 0 radical (unpaired) electrons. The minimum absolute atomic E-state index is 0.196. The first kappa shape index (κ1) is 26.2. The minimum Gasteiger partial charge on any atom is -0.508 e. The highest BCUT2D eigenvalue weighted by Gasteiger charge is 2.19. The number of carboxylic acids is 2. The lowest BCUT2D eigenvalue weighted by atomic mass is 10.1. The number of nitrogens with one attached hydrogen (secondary N) is 2. The fourth-order valence-corrected chi connectivity index (χ4v) is 3.56. The fourth-order valence-electron chi connectivity index (χ4n) is 3.56. The van der Waals surface area contributed by atoms with Gasteiger partial charge in [-0.3, -0.25) is 9.59 Å². The Hall–Kier alpha value is -5.84. The number of carboxylic acid groups (broad SMARTS) is 2. The van der Waals surface area contributed by atoms with E-state index in [1.54, 1.807) is 48.5 Å². The maximum Gasteiger partial charge on any atom is 0.336 e. The summed E-state index contributed by atoms with van der Waals surface area (Å²) < 4.78 is 5.75. The molecule has 11 nitrogen and oxygen atoms in total. The Bertz CT molecular complexity index is 1460. The lowest BCUT2D eigenvalue weighted by Gasteiger charge is -2.11. The van der Waals surface area contributed by atoms with Crippen molar-refractivity contribution in [2.24, 2.45) is 0 Å². The zero-order chi connectivity index (χ0) is 28.1. The van der Waals surface area contributed by atoms with Gasteiger partial charge in [0.1, 0.15) is 23.0 Å². The molecule has 0 aromatic heterocycles. The number of hydrogen-bond acceptors (Lipinski definition) is 7. The van der Waals surface area contributed by atoms with Crippen LogP contribution in [0.3, 0.4) is 0 Å². The second-order valence-corrected chi connectivity index (χ2v) is 8.13. The van der Waals surface area contributed by atoms with E-state index in [2.05, 4.69) is 10.6 Å². The van der Waals surface area contributed by atoms with Gasteiger partial charge in [-0.1, -0.05) is 0 Å². The monoisotopic (exact) mass is 528 g/mol. The molecule has 0 unspecified atom stereocenters. The van der Waals surface area contributed by atoms with E-state index in [9.17, 15) is 39.6 Å². The number of aromatic carboxylic acids is 2. The molecule has 0 bridgehead atoms. The summed E-state index contributed by atoms with van der Waals surface area (Å²) in [6.45, 7) is 0. The van der Waals surface area contributed by atoms with Crippen LogP contribution in [-0.2, 0) is 0 Å². The molecule has 4 aromatic rings. The molecule has 0 spiro atoms. The van der Waals surface area contributed by atoms with E-state index < -0.39 is 23.8 Å². The van der Waals surface area contributed by atoms with Crippen LogP contribution in [0.2, 0.25) is 0 Å². The third-order valence-corrected chi connectivity index (χ3v) is 5.42. The van der Waals surface area contributed by atoms with Crippen LogP contribution in [0.25, 0.3) is 0 Å². The molecule has 4 aromatic carbocycles. The van der Waals surface area contributed by atoms with Gasteiger partial charge in [0.25, 0.3) is 11.8 Å². The van der Waals surface area contributed by atoms with Gasteiger partial charge < -0.3 is 35.8 Å². The molecule has 0 saturated carbocycles. The number of carbonyl (C=O) groups is 4. The first-order valence-electron chi connectivity index (χ1n) is 11.2. The Labute approximate surface area is 220 Å². The van der Waals surface area contributed by atoms with Crippen molar-refractivity contribution in [3.63, 3.8) is 0 Å². The molecular formula is C28H20N2O9. The highest BCUT2D eigenvalue weighted by atomic mass is 16.5. The molecule has 2 amide bonds. The molecule has 0 saturated heterocycles. The number of amides is 2. The van der Waals surface area contributed by atoms with Crippen molar-refractivity contribution in [1.82, 2.24) is 0 Å². The SMILES string of the molecule is O=C(O)c1ccc(O)cc1C(=O)Nc1ccc(Oc2ccc(NC(=O)c3cc(O)ccc3C(=O)O)cc2)cc1. The summed E-state index contributed by atoms with van der Waals surface area (Å²) in [6, 6.07) is 19.2. The number of ether oxygens (including phenoxy) is 1. The minimum atomic E-state index is -1.31. The lowest BCUT2D eigenvalue weighted by Crippen LogP contribution is -2.16. The summed E-state index contributed by atoms with van der Waals surface area (Å²) in [6.07, 6.45) is 0. The van der Waals surface area contributed by atoms with Crippen molar-refractivity contribution in [3.8, 4) is 23.0 Å². The van der Waals surface area contributed by atoms with Crippen molar-refractivity contribution in [2.45, 2.75) is 0 Å². The van der Waals surface area contributed by atoms with Gasteiger partial charge in [0.15, 0.2) is 0 Å². The average molecular weight is 528 g/mol. The van der Waals surface area contributed by atoms with Crippen LogP contribution >= 0.6 is 0 Å². The standard InChI is InChI=1S/C28H20N2O9/c31-17-5-11-21(27(35)36)23(13-17)25(33)29-15-1-7-19(8-2-15)39-20-9-3-16(4-10-20)30-26(34)24-14-18(32)6-12-22(24)28(37)38/h1-14,31-32H,(H,29,33)(H,30,34)(H,35,36)(H,37,38). The van der Waals surface area contributed by atoms with Gasteiger partial charge in [0, 0.05) is 11.4 Å². The molecule has 0 heterocycles. The first-order chi connectivity index (χ1) is 18.6. The normalized spacial score (nSPS) is 10.4. The number of hydrogen-bond donors (Lipinski definition) is 6. The van der Waals surface area contributed by atoms with Crippen molar-refractivity contribution < 1.29 is 44.3 Å². The van der Waals surface area contributed by atoms with E-state index in [-0.39, 0.29) is 33.8 Å². The van der Waals surface area contributed by atoms with Crippen molar-refractivity contribution >= 4 is 35.1 Å². The summed E-state index contributed by atoms with van der Waals surface area (Å²) in [5.41, 5.74) is -0.185. The van der Waals surface area contributed by atoms with E-state index >= 15 is 0 Å². The Balaban J connectivity index is 1.39. The van der Waals surface area contributed by atoms with E-state index in [0.29, 0.717) is 22.9 Å². The molecule has 11 heteroatoms. The van der Waals surface area contributed by atoms with Gasteiger partial charge in [0.2, 0.25) is 0 Å². The fraction of sp³-hybridized carbons (Fsp3) is 0. The van der Waals surface area contributed by atoms with Gasteiger partial charge in [-0.15, -0.1) is 0 Å². The van der Waals surface area contributed by atoms with Crippen molar-refractivity contribution in [1.29, 1.82) is 0 Å². The number of aromatic hydroxyl groups is 2. The number of benzene rings is 4. The quantitative estimate of drug-likeness (QED) is 0.187. The average Bonchev–Trinajstić information content (AvgIpc) is 2.90. The van der Waals surface area contributed by atoms with Crippen LogP contribution in [0.15, 0.2) is 84.9 Å². The largest absolute Gasteiger partial charge is 0.508 e. The number of carbonyl (C=O) groups excluding carboxylic acids is 2. The Kier molecular flexibility index (Phi) is 7.43. The summed E-state index contributed by atoms with van der Waals surface area (Å²) in [4.78, 5) is 47.8. The van der Waals surface area contributed by atoms with E-state index in [4.69, 9.17) is 4.74 Å². The zero-order valence-corrected chi connectivity index (χ0v) is 19.9. The summed E-state index contributed by atoms with van der Waals surface area (Å²) in [5.74, 6) is -3.70. The molecule has 0 aliphatic heterocycles. The zero-order valence-electron chi connectivity index (χ0n) is 19.9. The maximum absolute atomic E-state index is 12.5. The Morgan fingerprint density at radius 1 is 0.513 bits per heavy atom. The summed E-state index contributed by atoms with van der Waals surface area (Å²) in [5, 5.41) is 42.9. The summed E-state index contributed by atoms with van der Waals surface area (Å²) in [7, 11) is 0. The Morgan fingerprint density at radius 3 is 1.21 bits per heavy atom. The van der Waals surface area contributed by atoms with Crippen molar-refractivity contribution in [3.05, 3.63) is 107 Å². The van der Waals surface area contributed by atoms with Crippen molar-refractivity contribution in [2.75, 3.05) is 10.6 Å². The molecule has 39 heavy (non-hydrogen) atoms. The molecule has 0 aliphatic carbocycles. The van der Waals surface area contributed by atoms with Gasteiger partial charge in [-0.25, -0.2) is 9.59 Å². The van der Waals surface area contributed by atoms with E-state index in [1.807, 2.05) is 0 Å². The van der Waals surface area contributed by atoms with Crippen LogP contribution in [0.5, 0.6) is 23.0 Å². The van der Waals surface area contributed by atoms with Crippen LogP contribution in [0.4, 0.5) is 11.4 Å². The van der Waals surface area contributed by atoms with Crippen LogP contribution in [0.1, 0.15) is 41.4 Å². The number of phenolic OH excluding ortho intramolecular Hbond substituents is 2. The van der Waals surface area contributed by atoms with Gasteiger partial charge in [-0.2, -0.15) is 0 Å².